The Morgan fingerprint density at radius 1 is 1.11 bits per heavy atom. The molecule has 0 saturated carbocycles. The number of nitrogens with one attached hydrogen (secondary N) is 1. The monoisotopic (exact) mass is 382 g/mol. The average molecular weight is 382 g/mol. The molecule has 0 aliphatic heterocycles. The van der Waals surface area contributed by atoms with E-state index in [0.29, 0.717) is 31.6 Å². The number of hydrogen-bond acceptors (Lipinski definition) is 3. The van der Waals surface area contributed by atoms with Crippen molar-refractivity contribution in [3.05, 3.63) is 71.6 Å². The predicted molar refractivity (Wildman–Crippen MR) is 105 cm³/mol. The Hall–Kier alpha value is -3.22. The van der Waals surface area contributed by atoms with Crippen LogP contribution in [0, 0.1) is 5.82 Å². The molecule has 0 unspecified atom stereocenters. The van der Waals surface area contributed by atoms with Crippen LogP contribution in [0.15, 0.2) is 48.7 Å². The number of halogens is 1. The number of amides is 2. The van der Waals surface area contributed by atoms with Gasteiger partial charge in [-0.3, -0.25) is 14.0 Å². The lowest BCUT2D eigenvalue weighted by molar-refractivity contribution is 0.0769. The molecule has 0 spiro atoms. The molecule has 0 atom stereocenters. The first-order valence-corrected chi connectivity index (χ1v) is 9.34. The van der Waals surface area contributed by atoms with Crippen molar-refractivity contribution >= 4 is 17.3 Å². The van der Waals surface area contributed by atoms with Crippen LogP contribution in [0.4, 0.5) is 4.39 Å². The number of carbonyl (C=O) groups is 2. The van der Waals surface area contributed by atoms with Gasteiger partial charge in [-0.25, -0.2) is 9.37 Å². The fraction of sp³-hybridized carbons (Fsp3) is 0.286. The standard InChI is InChI=1S/C21H23FN4O2/c1-3-25(4-2)21(28)18-17-7-5-6-14-26(17)19(24-18)20(27)23-13-12-15-8-10-16(22)11-9-15/h5-11,14H,3-4,12-13H2,1-2H3,(H,23,27). The Morgan fingerprint density at radius 2 is 1.82 bits per heavy atom. The number of imidazole rings is 1. The van der Waals surface area contributed by atoms with Crippen molar-refractivity contribution in [2.24, 2.45) is 0 Å². The van der Waals surface area contributed by atoms with Crippen LogP contribution in [-0.4, -0.2) is 45.7 Å². The fourth-order valence-corrected chi connectivity index (χ4v) is 3.07. The molecule has 1 N–H and O–H groups in total. The third kappa shape index (κ3) is 4.03. The molecule has 0 aliphatic rings. The van der Waals surface area contributed by atoms with Crippen LogP contribution in [0.1, 0.15) is 40.5 Å². The second-order valence-corrected chi connectivity index (χ2v) is 6.35. The highest BCUT2D eigenvalue weighted by molar-refractivity contribution is 6.02. The van der Waals surface area contributed by atoms with Crippen LogP contribution in [-0.2, 0) is 6.42 Å². The topological polar surface area (TPSA) is 66.7 Å². The summed E-state index contributed by atoms with van der Waals surface area (Å²) in [5.41, 5.74) is 1.79. The van der Waals surface area contributed by atoms with Crippen LogP contribution >= 0.6 is 0 Å². The Balaban J connectivity index is 1.79. The summed E-state index contributed by atoms with van der Waals surface area (Å²) in [6.07, 6.45) is 2.29. The first-order valence-electron chi connectivity index (χ1n) is 9.34. The van der Waals surface area contributed by atoms with Gasteiger partial charge in [0.2, 0.25) is 5.82 Å². The van der Waals surface area contributed by atoms with Gasteiger partial charge in [-0.15, -0.1) is 0 Å². The summed E-state index contributed by atoms with van der Waals surface area (Å²) in [5.74, 6) is -0.673. The summed E-state index contributed by atoms with van der Waals surface area (Å²) in [6, 6.07) is 11.5. The highest BCUT2D eigenvalue weighted by Gasteiger charge is 2.23. The summed E-state index contributed by atoms with van der Waals surface area (Å²) in [6.45, 7) is 5.33. The molecule has 0 saturated heterocycles. The van der Waals surface area contributed by atoms with E-state index in [2.05, 4.69) is 10.3 Å². The minimum Gasteiger partial charge on any atom is -0.349 e. The van der Waals surface area contributed by atoms with Crippen molar-refractivity contribution in [2.75, 3.05) is 19.6 Å². The van der Waals surface area contributed by atoms with E-state index in [-0.39, 0.29) is 29.1 Å². The van der Waals surface area contributed by atoms with Crippen molar-refractivity contribution in [3.8, 4) is 0 Å². The van der Waals surface area contributed by atoms with E-state index >= 15 is 0 Å². The molecule has 2 aromatic heterocycles. The summed E-state index contributed by atoms with van der Waals surface area (Å²) in [4.78, 5) is 31.5. The second-order valence-electron chi connectivity index (χ2n) is 6.35. The lowest BCUT2D eigenvalue weighted by Gasteiger charge is -2.17. The Labute approximate surface area is 163 Å². The molecule has 28 heavy (non-hydrogen) atoms. The Kier molecular flexibility index (Phi) is 6.03. The molecule has 3 aromatic rings. The average Bonchev–Trinajstić information content (AvgIpc) is 3.10. The summed E-state index contributed by atoms with van der Waals surface area (Å²) < 4.78 is 14.6. The molecule has 0 radical (unpaired) electrons. The molecular formula is C21H23FN4O2. The summed E-state index contributed by atoms with van der Waals surface area (Å²) >= 11 is 0. The number of nitrogens with zero attached hydrogens (tertiary/aromatic N) is 3. The largest absolute Gasteiger partial charge is 0.349 e. The normalized spacial score (nSPS) is 10.8. The molecule has 0 aliphatic carbocycles. The Morgan fingerprint density at radius 3 is 2.50 bits per heavy atom. The maximum absolute atomic E-state index is 13.0. The fourth-order valence-electron chi connectivity index (χ4n) is 3.07. The summed E-state index contributed by atoms with van der Waals surface area (Å²) in [7, 11) is 0. The van der Waals surface area contributed by atoms with Gasteiger partial charge in [-0.1, -0.05) is 18.2 Å². The van der Waals surface area contributed by atoms with E-state index in [0.717, 1.165) is 5.56 Å². The third-order valence-corrected chi connectivity index (χ3v) is 4.62. The van der Waals surface area contributed by atoms with Gasteiger partial charge in [-0.05, 0) is 50.1 Å². The van der Waals surface area contributed by atoms with Crippen LogP contribution in [0.25, 0.3) is 5.52 Å². The van der Waals surface area contributed by atoms with Gasteiger partial charge in [0, 0.05) is 25.8 Å². The molecule has 0 fully saturated rings. The zero-order valence-electron chi connectivity index (χ0n) is 16.0. The van der Waals surface area contributed by atoms with Crippen LogP contribution in [0.3, 0.4) is 0 Å². The molecule has 0 bridgehead atoms. The molecule has 146 valence electrons. The maximum Gasteiger partial charge on any atom is 0.287 e. The molecule has 2 heterocycles. The lowest BCUT2D eigenvalue weighted by Crippen LogP contribution is -2.31. The van der Waals surface area contributed by atoms with E-state index in [4.69, 9.17) is 0 Å². The molecule has 2 amide bonds. The zero-order chi connectivity index (χ0) is 20.1. The van der Waals surface area contributed by atoms with Gasteiger partial charge < -0.3 is 10.2 Å². The number of pyridine rings is 1. The SMILES string of the molecule is CCN(CC)C(=O)c1nc(C(=O)NCCc2ccc(F)cc2)n2ccccc12. The van der Waals surface area contributed by atoms with Crippen LogP contribution in [0.5, 0.6) is 0 Å². The van der Waals surface area contributed by atoms with E-state index in [1.165, 1.54) is 12.1 Å². The van der Waals surface area contributed by atoms with Crippen molar-refractivity contribution < 1.29 is 14.0 Å². The second kappa shape index (κ2) is 8.65. The van der Waals surface area contributed by atoms with Gasteiger partial charge in [0.25, 0.3) is 11.8 Å². The number of aromatic nitrogens is 2. The van der Waals surface area contributed by atoms with Crippen LogP contribution < -0.4 is 5.32 Å². The predicted octanol–water partition coefficient (Wildman–Crippen LogP) is 2.93. The minimum atomic E-state index is -0.359. The van der Waals surface area contributed by atoms with E-state index < -0.39 is 0 Å². The number of rotatable bonds is 7. The highest BCUT2D eigenvalue weighted by atomic mass is 19.1. The van der Waals surface area contributed by atoms with Crippen LogP contribution in [0.2, 0.25) is 0 Å². The van der Waals surface area contributed by atoms with E-state index in [1.54, 1.807) is 39.8 Å². The first-order chi connectivity index (χ1) is 13.5. The number of fused-ring (bicyclic) bond motifs is 1. The Bertz CT molecular complexity index is 978. The quantitative estimate of drug-likeness (QED) is 0.683. The smallest absolute Gasteiger partial charge is 0.287 e. The van der Waals surface area contributed by atoms with Gasteiger partial charge in [0.05, 0.1) is 5.52 Å². The number of carbonyl (C=O) groups excluding carboxylic acids is 2. The van der Waals surface area contributed by atoms with Gasteiger partial charge >= 0.3 is 0 Å². The van der Waals surface area contributed by atoms with E-state index in [9.17, 15) is 14.0 Å². The van der Waals surface area contributed by atoms with Gasteiger partial charge in [0.1, 0.15) is 5.82 Å². The first kappa shape index (κ1) is 19.5. The van der Waals surface area contributed by atoms with E-state index in [1.807, 2.05) is 19.9 Å². The lowest BCUT2D eigenvalue weighted by atomic mass is 10.1. The van der Waals surface area contributed by atoms with Crippen molar-refractivity contribution in [3.63, 3.8) is 0 Å². The zero-order valence-corrected chi connectivity index (χ0v) is 16.0. The molecule has 6 nitrogen and oxygen atoms in total. The number of hydrogen-bond donors (Lipinski definition) is 1. The van der Waals surface area contributed by atoms with Gasteiger partial charge in [-0.2, -0.15) is 0 Å². The summed E-state index contributed by atoms with van der Waals surface area (Å²) in [5, 5.41) is 2.82. The maximum atomic E-state index is 13.0. The highest BCUT2D eigenvalue weighted by Crippen LogP contribution is 2.15. The van der Waals surface area contributed by atoms with Gasteiger partial charge in [0.15, 0.2) is 5.69 Å². The van der Waals surface area contributed by atoms with Crippen molar-refractivity contribution in [1.82, 2.24) is 19.6 Å². The third-order valence-electron chi connectivity index (χ3n) is 4.62. The van der Waals surface area contributed by atoms with Crippen molar-refractivity contribution in [2.45, 2.75) is 20.3 Å². The molecular weight excluding hydrogens is 359 g/mol. The van der Waals surface area contributed by atoms with Crippen molar-refractivity contribution in [1.29, 1.82) is 0 Å². The number of benzene rings is 1. The molecule has 7 heteroatoms. The minimum absolute atomic E-state index is 0.171. The molecule has 3 rings (SSSR count). The molecule has 1 aromatic carbocycles.